The molecular weight excluding hydrogens is 409 g/mol. The van der Waals surface area contributed by atoms with Gasteiger partial charge in [0.25, 0.3) is 0 Å². The van der Waals surface area contributed by atoms with Crippen LogP contribution >= 0.6 is 0 Å². The van der Waals surface area contributed by atoms with Gasteiger partial charge in [-0.15, -0.1) is 0 Å². The molecule has 7 nitrogen and oxygen atoms in total. The summed E-state index contributed by atoms with van der Waals surface area (Å²) in [4.78, 5) is 4.34. The van der Waals surface area contributed by atoms with Crippen molar-refractivity contribution in [1.82, 2.24) is 4.98 Å². The minimum Gasteiger partial charge on any atom is -0.493 e. The van der Waals surface area contributed by atoms with Crippen molar-refractivity contribution in [3.8, 4) is 22.6 Å². The molecule has 0 fully saturated rings. The second kappa shape index (κ2) is 12.2. The lowest BCUT2D eigenvalue weighted by Gasteiger charge is -2.25. The molecule has 2 rings (SSSR count). The number of aliphatic hydroxyl groups excluding tert-OH is 1. The zero-order chi connectivity index (χ0) is 23.7. The first kappa shape index (κ1) is 26.1. The van der Waals surface area contributed by atoms with Crippen LogP contribution in [0.4, 0.5) is 0 Å². The van der Waals surface area contributed by atoms with Gasteiger partial charge < -0.3 is 29.4 Å². The van der Waals surface area contributed by atoms with Crippen LogP contribution in [-0.2, 0) is 4.65 Å². The van der Waals surface area contributed by atoms with Gasteiger partial charge in [0.1, 0.15) is 0 Å². The fourth-order valence-corrected chi connectivity index (χ4v) is 3.65. The second-order valence-corrected chi connectivity index (χ2v) is 8.75. The first-order chi connectivity index (χ1) is 15.2. The molecule has 0 saturated carbocycles. The van der Waals surface area contributed by atoms with Crippen molar-refractivity contribution in [2.75, 3.05) is 20.3 Å². The molecule has 0 aliphatic heterocycles. The largest absolute Gasteiger partial charge is 0.493 e. The molecule has 8 heteroatoms. The molecule has 2 aromatic rings. The van der Waals surface area contributed by atoms with Crippen LogP contribution in [0.15, 0.2) is 36.7 Å². The molecular formula is C24H36BNO6. The molecule has 176 valence electrons. The molecule has 0 aliphatic rings. The number of methoxy groups -OCH3 is 1. The minimum absolute atomic E-state index is 0.154. The summed E-state index contributed by atoms with van der Waals surface area (Å²) in [6.07, 6.45) is 4.61. The monoisotopic (exact) mass is 445 g/mol. The Morgan fingerprint density at radius 1 is 1.12 bits per heavy atom. The predicted octanol–water partition coefficient (Wildman–Crippen LogP) is 3.67. The van der Waals surface area contributed by atoms with Gasteiger partial charge in [-0.25, -0.2) is 0 Å². The highest BCUT2D eigenvalue weighted by Gasteiger charge is 2.26. The van der Waals surface area contributed by atoms with E-state index in [1.54, 1.807) is 40.3 Å². The van der Waals surface area contributed by atoms with Gasteiger partial charge in [-0.2, -0.15) is 0 Å². The number of rotatable bonds is 13. The van der Waals surface area contributed by atoms with E-state index >= 15 is 0 Å². The summed E-state index contributed by atoms with van der Waals surface area (Å²) in [5.74, 6) is 0.987. The lowest BCUT2D eigenvalue weighted by molar-refractivity contribution is 0.0263. The molecule has 32 heavy (non-hydrogen) atoms. The third-order valence-corrected chi connectivity index (χ3v) is 5.07. The lowest BCUT2D eigenvalue weighted by atomic mass is 9.75. The molecule has 0 bridgehead atoms. The highest BCUT2D eigenvalue weighted by molar-refractivity contribution is 6.43. The summed E-state index contributed by atoms with van der Waals surface area (Å²) < 4.78 is 16.8. The van der Waals surface area contributed by atoms with Crippen LogP contribution < -0.4 is 9.47 Å². The van der Waals surface area contributed by atoms with Crippen molar-refractivity contribution in [1.29, 1.82) is 0 Å². The molecule has 0 saturated heterocycles. The number of nitrogens with zero attached hydrogens (tertiary/aromatic N) is 1. The van der Waals surface area contributed by atoms with Crippen molar-refractivity contribution >= 4 is 7.12 Å². The standard InChI is InChI=1S/C24H36BNO6/c1-6-9-31-23-11-18(7-8-22(23)30-5)19-10-20(15-26-14-19)21(16-27)13-25(29)32-17(2)12-24(3,4)28/h7-8,10-11,14-15,17,21,27-29H,6,9,12-13,16H2,1-5H3/t17-,21+/m1/s1. The number of aliphatic hydroxyl groups is 2. The quantitative estimate of drug-likeness (QED) is 0.405. The molecule has 0 aliphatic carbocycles. The topological polar surface area (TPSA) is 101 Å². The minimum atomic E-state index is -1.07. The second-order valence-electron chi connectivity index (χ2n) is 8.75. The molecule has 1 heterocycles. The fraction of sp³-hybridized carbons (Fsp3) is 0.542. The van der Waals surface area contributed by atoms with E-state index in [2.05, 4.69) is 4.98 Å². The van der Waals surface area contributed by atoms with Crippen molar-refractivity contribution in [3.63, 3.8) is 0 Å². The van der Waals surface area contributed by atoms with Gasteiger partial charge in [0.15, 0.2) is 11.5 Å². The van der Waals surface area contributed by atoms with Gasteiger partial charge >= 0.3 is 7.12 Å². The number of hydrogen-bond acceptors (Lipinski definition) is 7. The average molecular weight is 445 g/mol. The zero-order valence-electron chi connectivity index (χ0n) is 19.7. The first-order valence-electron chi connectivity index (χ1n) is 11.1. The molecule has 1 aromatic heterocycles. The summed E-state index contributed by atoms with van der Waals surface area (Å²) in [6, 6.07) is 7.66. The average Bonchev–Trinajstić information content (AvgIpc) is 2.74. The zero-order valence-corrected chi connectivity index (χ0v) is 19.7. The van der Waals surface area contributed by atoms with Gasteiger partial charge in [0, 0.05) is 36.6 Å². The molecule has 1 aromatic carbocycles. The maximum atomic E-state index is 10.4. The summed E-state index contributed by atoms with van der Waals surface area (Å²) in [7, 11) is 0.542. The summed E-state index contributed by atoms with van der Waals surface area (Å²) >= 11 is 0. The Kier molecular flexibility index (Phi) is 9.97. The van der Waals surface area contributed by atoms with Crippen LogP contribution in [0, 0.1) is 0 Å². The van der Waals surface area contributed by atoms with Gasteiger partial charge in [-0.3, -0.25) is 4.98 Å². The summed E-state index contributed by atoms with van der Waals surface area (Å²) in [5, 5.41) is 30.2. The number of hydrogen-bond donors (Lipinski definition) is 3. The number of benzene rings is 1. The highest BCUT2D eigenvalue weighted by Crippen LogP contribution is 2.34. The fourth-order valence-electron chi connectivity index (χ4n) is 3.65. The molecule has 0 radical (unpaired) electrons. The normalized spacial score (nSPS) is 13.5. The van der Waals surface area contributed by atoms with Gasteiger partial charge in [0.05, 0.1) is 19.3 Å². The Balaban J connectivity index is 2.16. The Morgan fingerprint density at radius 2 is 1.88 bits per heavy atom. The van der Waals surface area contributed by atoms with Crippen LogP contribution in [0.3, 0.4) is 0 Å². The SMILES string of the molecule is CCCOc1cc(-c2cncc([C@H](CO)CB(O)O[C@H](C)CC(C)(C)O)c2)ccc1OC. The third-order valence-electron chi connectivity index (χ3n) is 5.07. The molecule has 3 N–H and O–H groups in total. The van der Waals surface area contributed by atoms with E-state index in [4.69, 9.17) is 14.1 Å². The van der Waals surface area contributed by atoms with E-state index in [1.165, 1.54) is 0 Å². The smallest absolute Gasteiger partial charge is 0.455 e. The molecule has 0 amide bonds. The molecule has 0 unspecified atom stereocenters. The third kappa shape index (κ3) is 8.09. The van der Waals surface area contributed by atoms with Crippen molar-refractivity contribution in [2.45, 2.75) is 64.5 Å². The van der Waals surface area contributed by atoms with Crippen LogP contribution in [-0.4, -0.2) is 59.4 Å². The van der Waals surface area contributed by atoms with Crippen LogP contribution in [0.5, 0.6) is 11.5 Å². The first-order valence-corrected chi connectivity index (χ1v) is 11.1. The number of ether oxygens (including phenoxy) is 2. The maximum absolute atomic E-state index is 10.4. The van der Waals surface area contributed by atoms with Crippen LogP contribution in [0.2, 0.25) is 6.32 Å². The Morgan fingerprint density at radius 3 is 2.50 bits per heavy atom. The van der Waals surface area contributed by atoms with Gasteiger partial charge in [-0.1, -0.05) is 13.0 Å². The van der Waals surface area contributed by atoms with E-state index in [0.29, 0.717) is 24.5 Å². The van der Waals surface area contributed by atoms with Gasteiger partial charge in [-0.05, 0) is 69.3 Å². The van der Waals surface area contributed by atoms with Crippen LogP contribution in [0.1, 0.15) is 52.0 Å². The summed E-state index contributed by atoms with van der Waals surface area (Å²) in [6.45, 7) is 7.69. The van der Waals surface area contributed by atoms with Gasteiger partial charge in [0.2, 0.25) is 0 Å². The number of aromatic nitrogens is 1. The number of pyridine rings is 1. The Bertz CT molecular complexity index is 841. The van der Waals surface area contributed by atoms with E-state index in [-0.39, 0.29) is 24.9 Å². The van der Waals surface area contributed by atoms with Crippen molar-refractivity contribution in [3.05, 3.63) is 42.2 Å². The van der Waals surface area contributed by atoms with Crippen LogP contribution in [0.25, 0.3) is 11.1 Å². The van der Waals surface area contributed by atoms with E-state index in [9.17, 15) is 15.2 Å². The van der Waals surface area contributed by atoms with E-state index < -0.39 is 12.7 Å². The lowest BCUT2D eigenvalue weighted by Crippen LogP contribution is -2.32. The molecule has 2 atom stereocenters. The van der Waals surface area contributed by atoms with E-state index in [1.807, 2.05) is 31.2 Å². The Hall–Kier alpha value is -2.13. The summed E-state index contributed by atoms with van der Waals surface area (Å²) in [5.41, 5.74) is 1.70. The Labute approximate surface area is 191 Å². The van der Waals surface area contributed by atoms with Crippen molar-refractivity contribution < 1.29 is 29.4 Å². The highest BCUT2D eigenvalue weighted by atomic mass is 16.5. The predicted molar refractivity (Wildman–Crippen MR) is 126 cm³/mol. The molecule has 0 spiro atoms. The van der Waals surface area contributed by atoms with Crippen molar-refractivity contribution in [2.24, 2.45) is 0 Å². The maximum Gasteiger partial charge on any atom is 0.455 e. The van der Waals surface area contributed by atoms with E-state index in [0.717, 1.165) is 23.1 Å².